The molecule has 0 saturated heterocycles. The fourth-order valence-corrected chi connectivity index (χ4v) is 2.16. The SMILES string of the molecule is C1=CCC2(C=C1)CCCC2.CC. The Balaban J connectivity index is 0.000000336. The van der Waals surface area contributed by atoms with Gasteiger partial charge in [0.2, 0.25) is 0 Å². The molecule has 68 valence electrons. The Morgan fingerprint density at radius 2 is 1.67 bits per heavy atom. The molecule has 0 unspecified atom stereocenters. The first-order chi connectivity index (χ1) is 5.91. The minimum absolute atomic E-state index is 0.606. The van der Waals surface area contributed by atoms with Gasteiger partial charge < -0.3 is 0 Å². The molecule has 2 aliphatic rings. The van der Waals surface area contributed by atoms with Crippen LogP contribution in [0.1, 0.15) is 46.0 Å². The average Bonchev–Trinajstić information content (AvgIpc) is 2.58. The van der Waals surface area contributed by atoms with Crippen LogP contribution >= 0.6 is 0 Å². The highest BCUT2D eigenvalue weighted by atomic mass is 14.3. The van der Waals surface area contributed by atoms with Gasteiger partial charge in [-0.15, -0.1) is 0 Å². The summed E-state index contributed by atoms with van der Waals surface area (Å²) in [5.41, 5.74) is 0.606. The minimum atomic E-state index is 0.606. The Labute approximate surface area is 76.4 Å². The fraction of sp³-hybridized carbons (Fsp3) is 0.667. The first kappa shape index (κ1) is 9.57. The molecule has 0 aromatic rings. The third kappa shape index (κ3) is 2.00. The van der Waals surface area contributed by atoms with Crippen LogP contribution in [-0.4, -0.2) is 0 Å². The van der Waals surface area contributed by atoms with Gasteiger partial charge >= 0.3 is 0 Å². The number of rotatable bonds is 0. The Kier molecular flexibility index (Phi) is 3.58. The zero-order valence-electron chi connectivity index (χ0n) is 8.34. The summed E-state index contributed by atoms with van der Waals surface area (Å²) in [6, 6.07) is 0. The number of hydrogen-bond acceptors (Lipinski definition) is 0. The molecule has 0 bridgehead atoms. The van der Waals surface area contributed by atoms with E-state index >= 15 is 0 Å². The van der Waals surface area contributed by atoms with E-state index < -0.39 is 0 Å². The van der Waals surface area contributed by atoms with Crippen LogP contribution in [0, 0.1) is 5.41 Å². The van der Waals surface area contributed by atoms with Crippen LogP contribution in [0.5, 0.6) is 0 Å². The van der Waals surface area contributed by atoms with Gasteiger partial charge in [0.1, 0.15) is 0 Å². The van der Waals surface area contributed by atoms with Crippen molar-refractivity contribution in [1.82, 2.24) is 0 Å². The van der Waals surface area contributed by atoms with E-state index in [1.165, 1.54) is 32.1 Å². The predicted octanol–water partition coefficient (Wildman–Crippen LogP) is 4.09. The van der Waals surface area contributed by atoms with Crippen LogP contribution in [0.2, 0.25) is 0 Å². The highest BCUT2D eigenvalue weighted by Crippen LogP contribution is 2.43. The van der Waals surface area contributed by atoms with E-state index in [2.05, 4.69) is 24.3 Å². The van der Waals surface area contributed by atoms with Crippen molar-refractivity contribution < 1.29 is 0 Å². The standard InChI is InChI=1S/C10H14.C2H6/c1-2-6-10(7-3-1)8-4-5-9-10;1-2/h1-3,6H,4-5,7-9H2;1-2H3. The van der Waals surface area contributed by atoms with Crippen LogP contribution in [0.3, 0.4) is 0 Å². The number of hydrogen-bond donors (Lipinski definition) is 0. The van der Waals surface area contributed by atoms with Crippen molar-refractivity contribution in [3.05, 3.63) is 24.3 Å². The van der Waals surface area contributed by atoms with Gasteiger partial charge in [-0.2, -0.15) is 0 Å². The number of allylic oxidation sites excluding steroid dienone is 4. The van der Waals surface area contributed by atoms with Gasteiger partial charge in [-0.25, -0.2) is 0 Å². The monoisotopic (exact) mass is 164 g/mol. The Morgan fingerprint density at radius 1 is 1.00 bits per heavy atom. The second-order valence-corrected chi connectivity index (χ2v) is 3.56. The second kappa shape index (κ2) is 4.49. The van der Waals surface area contributed by atoms with E-state index in [4.69, 9.17) is 0 Å². The molecule has 0 atom stereocenters. The summed E-state index contributed by atoms with van der Waals surface area (Å²) in [5.74, 6) is 0. The van der Waals surface area contributed by atoms with Gasteiger partial charge in [-0.1, -0.05) is 51.0 Å². The van der Waals surface area contributed by atoms with E-state index in [1.807, 2.05) is 13.8 Å². The van der Waals surface area contributed by atoms with Gasteiger partial charge in [0.25, 0.3) is 0 Å². The molecule has 0 aromatic carbocycles. The highest BCUT2D eigenvalue weighted by Gasteiger charge is 2.30. The third-order valence-electron chi connectivity index (χ3n) is 2.82. The molecule has 0 amide bonds. The lowest BCUT2D eigenvalue weighted by Crippen LogP contribution is -2.12. The van der Waals surface area contributed by atoms with Crippen molar-refractivity contribution in [3.8, 4) is 0 Å². The summed E-state index contributed by atoms with van der Waals surface area (Å²) < 4.78 is 0. The quantitative estimate of drug-likeness (QED) is 0.506. The first-order valence-corrected chi connectivity index (χ1v) is 5.26. The lowest BCUT2D eigenvalue weighted by atomic mass is 9.80. The van der Waals surface area contributed by atoms with Crippen LogP contribution in [0.25, 0.3) is 0 Å². The van der Waals surface area contributed by atoms with E-state index in [0.717, 1.165) is 0 Å². The maximum Gasteiger partial charge on any atom is -0.00805 e. The van der Waals surface area contributed by atoms with Gasteiger partial charge in [0.05, 0.1) is 0 Å². The van der Waals surface area contributed by atoms with Crippen LogP contribution < -0.4 is 0 Å². The van der Waals surface area contributed by atoms with E-state index in [1.54, 1.807) is 0 Å². The van der Waals surface area contributed by atoms with Crippen molar-refractivity contribution >= 4 is 0 Å². The van der Waals surface area contributed by atoms with E-state index in [9.17, 15) is 0 Å². The van der Waals surface area contributed by atoms with Crippen LogP contribution in [-0.2, 0) is 0 Å². The molecule has 1 fully saturated rings. The molecular weight excluding hydrogens is 144 g/mol. The molecule has 0 radical (unpaired) electrons. The lowest BCUT2D eigenvalue weighted by molar-refractivity contribution is 0.398. The second-order valence-electron chi connectivity index (χ2n) is 3.56. The normalized spacial score (nSPS) is 23.8. The summed E-state index contributed by atoms with van der Waals surface area (Å²) in [6.07, 6.45) is 16.1. The summed E-state index contributed by atoms with van der Waals surface area (Å²) in [7, 11) is 0. The minimum Gasteiger partial charge on any atom is -0.0837 e. The smallest absolute Gasteiger partial charge is 0.00805 e. The predicted molar refractivity (Wildman–Crippen MR) is 55.1 cm³/mol. The fourth-order valence-electron chi connectivity index (χ4n) is 2.16. The largest absolute Gasteiger partial charge is 0.0837 e. The van der Waals surface area contributed by atoms with Crippen molar-refractivity contribution in [3.63, 3.8) is 0 Å². The lowest BCUT2D eigenvalue weighted by Gasteiger charge is -2.24. The summed E-state index contributed by atoms with van der Waals surface area (Å²) in [6.45, 7) is 4.00. The van der Waals surface area contributed by atoms with Crippen molar-refractivity contribution in [2.45, 2.75) is 46.0 Å². The zero-order chi connectivity index (χ0) is 8.86. The maximum absolute atomic E-state index is 2.42. The molecule has 0 nitrogen and oxygen atoms in total. The van der Waals surface area contributed by atoms with Crippen molar-refractivity contribution in [1.29, 1.82) is 0 Å². The third-order valence-corrected chi connectivity index (χ3v) is 2.82. The van der Waals surface area contributed by atoms with Crippen LogP contribution in [0.15, 0.2) is 24.3 Å². The van der Waals surface area contributed by atoms with E-state index in [-0.39, 0.29) is 0 Å². The molecule has 0 heteroatoms. The molecular formula is C12H20. The Bertz CT molecular complexity index is 168. The maximum atomic E-state index is 2.42. The molecule has 12 heavy (non-hydrogen) atoms. The summed E-state index contributed by atoms with van der Waals surface area (Å²) >= 11 is 0. The molecule has 0 heterocycles. The van der Waals surface area contributed by atoms with Gasteiger partial charge in [0, 0.05) is 0 Å². The van der Waals surface area contributed by atoms with Crippen molar-refractivity contribution in [2.75, 3.05) is 0 Å². The zero-order valence-corrected chi connectivity index (χ0v) is 8.34. The van der Waals surface area contributed by atoms with Gasteiger partial charge in [-0.05, 0) is 24.7 Å². The topological polar surface area (TPSA) is 0 Å². The Hall–Kier alpha value is -0.520. The molecule has 2 rings (SSSR count). The first-order valence-electron chi connectivity index (χ1n) is 5.26. The molecule has 1 saturated carbocycles. The van der Waals surface area contributed by atoms with Crippen molar-refractivity contribution in [2.24, 2.45) is 5.41 Å². The summed E-state index contributed by atoms with van der Waals surface area (Å²) in [5, 5.41) is 0. The average molecular weight is 164 g/mol. The molecule has 1 spiro atoms. The summed E-state index contributed by atoms with van der Waals surface area (Å²) in [4.78, 5) is 0. The molecule has 0 N–H and O–H groups in total. The Morgan fingerprint density at radius 3 is 2.17 bits per heavy atom. The molecule has 0 aromatic heterocycles. The molecule has 0 aliphatic heterocycles. The molecule has 2 aliphatic carbocycles. The van der Waals surface area contributed by atoms with Gasteiger partial charge in [-0.3, -0.25) is 0 Å². The van der Waals surface area contributed by atoms with E-state index in [0.29, 0.717) is 5.41 Å². The highest BCUT2D eigenvalue weighted by molar-refractivity contribution is 5.17. The van der Waals surface area contributed by atoms with Gasteiger partial charge in [0.15, 0.2) is 0 Å². The van der Waals surface area contributed by atoms with Crippen LogP contribution in [0.4, 0.5) is 0 Å².